The molecule has 1 aromatic rings. The SMILES string of the molecule is Cc1nc(N(SC(C)C)SC(C)C)nc(N(SC(C)C)SC(C)C)n1. The second-order valence-electron chi connectivity index (χ2n) is 6.61. The molecule has 0 amide bonds. The van der Waals surface area contributed by atoms with Crippen molar-refractivity contribution in [3.05, 3.63) is 5.82 Å². The second kappa shape index (κ2) is 11.0. The summed E-state index contributed by atoms with van der Waals surface area (Å²) < 4.78 is 4.26. The van der Waals surface area contributed by atoms with E-state index in [1.807, 2.05) is 6.92 Å². The van der Waals surface area contributed by atoms with Gasteiger partial charge in [0.05, 0.1) is 0 Å². The summed E-state index contributed by atoms with van der Waals surface area (Å²) in [5.41, 5.74) is 0. The van der Waals surface area contributed by atoms with Gasteiger partial charge in [0.25, 0.3) is 11.9 Å². The van der Waals surface area contributed by atoms with E-state index >= 15 is 0 Å². The van der Waals surface area contributed by atoms with Crippen LogP contribution in [-0.4, -0.2) is 36.0 Å². The number of aromatic nitrogens is 3. The van der Waals surface area contributed by atoms with E-state index in [2.05, 4.69) is 72.8 Å². The van der Waals surface area contributed by atoms with Crippen LogP contribution < -0.4 is 7.42 Å². The summed E-state index contributed by atoms with van der Waals surface area (Å²) in [5.74, 6) is 2.19. The monoisotopic (exact) mass is 421 g/mol. The molecule has 0 saturated carbocycles. The zero-order chi connectivity index (χ0) is 19.1. The van der Waals surface area contributed by atoms with E-state index in [0.29, 0.717) is 21.0 Å². The van der Waals surface area contributed by atoms with Crippen molar-refractivity contribution in [1.82, 2.24) is 15.0 Å². The van der Waals surface area contributed by atoms with Crippen LogP contribution in [0.2, 0.25) is 0 Å². The van der Waals surface area contributed by atoms with Crippen LogP contribution in [0.15, 0.2) is 0 Å². The highest BCUT2D eigenvalue weighted by Crippen LogP contribution is 2.36. The summed E-state index contributed by atoms with van der Waals surface area (Å²) in [7, 11) is 0. The fourth-order valence-corrected chi connectivity index (χ4v) is 6.32. The molecule has 144 valence electrons. The Morgan fingerprint density at radius 3 is 1.08 bits per heavy atom. The number of aryl methyl sites for hydroxylation is 1. The highest BCUT2D eigenvalue weighted by Gasteiger charge is 2.21. The average Bonchev–Trinajstić information content (AvgIpc) is 2.43. The zero-order valence-corrected chi connectivity index (χ0v) is 19.9. The van der Waals surface area contributed by atoms with E-state index in [9.17, 15) is 0 Å². The fourth-order valence-electron chi connectivity index (χ4n) is 1.62. The molecule has 1 heterocycles. The summed E-state index contributed by atoms with van der Waals surface area (Å²) >= 11 is 7.00. The standard InChI is InChI=1S/C16H31N5S4/c1-10(2)22-20(23-11(3)4)15-17-14(9)18-16(19-15)21(24-12(5)6)25-13(7)8/h10-13H,1-9H3. The smallest absolute Gasteiger partial charge is 0.224 e. The third-order valence-corrected chi connectivity index (χ3v) is 6.41. The van der Waals surface area contributed by atoms with Crippen LogP contribution in [0.5, 0.6) is 0 Å². The molecular formula is C16H31N5S4. The molecule has 0 radical (unpaired) electrons. The van der Waals surface area contributed by atoms with Crippen LogP contribution in [0.1, 0.15) is 61.2 Å². The molecule has 0 aliphatic heterocycles. The van der Waals surface area contributed by atoms with Crippen LogP contribution in [0, 0.1) is 6.92 Å². The summed E-state index contributed by atoms with van der Waals surface area (Å²) in [6.07, 6.45) is 0. The van der Waals surface area contributed by atoms with Gasteiger partial charge in [0.15, 0.2) is 0 Å². The topological polar surface area (TPSA) is 45.2 Å². The van der Waals surface area contributed by atoms with Crippen molar-refractivity contribution in [2.24, 2.45) is 0 Å². The minimum atomic E-state index is 0.456. The van der Waals surface area contributed by atoms with Gasteiger partial charge in [-0.2, -0.15) is 15.0 Å². The lowest BCUT2D eigenvalue weighted by Gasteiger charge is -2.26. The summed E-state index contributed by atoms with van der Waals surface area (Å²) in [6, 6.07) is 0. The average molecular weight is 422 g/mol. The lowest BCUT2D eigenvalue weighted by Crippen LogP contribution is -2.19. The van der Waals surface area contributed by atoms with E-state index in [-0.39, 0.29) is 0 Å². The van der Waals surface area contributed by atoms with Gasteiger partial charge in [-0.1, -0.05) is 55.4 Å². The Kier molecular flexibility index (Phi) is 10.1. The molecule has 5 nitrogen and oxygen atoms in total. The lowest BCUT2D eigenvalue weighted by molar-refractivity contribution is 0.974. The van der Waals surface area contributed by atoms with Gasteiger partial charge in [-0.05, 0) is 54.7 Å². The Morgan fingerprint density at radius 1 is 0.560 bits per heavy atom. The molecule has 0 saturated heterocycles. The highest BCUT2D eigenvalue weighted by atomic mass is 32.2. The van der Waals surface area contributed by atoms with Crippen LogP contribution in [0.4, 0.5) is 11.9 Å². The number of hydrogen-bond donors (Lipinski definition) is 0. The number of hydrogen-bond acceptors (Lipinski definition) is 9. The van der Waals surface area contributed by atoms with E-state index < -0.39 is 0 Å². The van der Waals surface area contributed by atoms with Gasteiger partial charge in [0, 0.05) is 21.0 Å². The fraction of sp³-hybridized carbons (Fsp3) is 0.812. The Hall–Kier alpha value is 0.01000. The quantitative estimate of drug-likeness (QED) is 0.422. The zero-order valence-electron chi connectivity index (χ0n) is 16.7. The summed E-state index contributed by atoms with van der Waals surface area (Å²) in [6.45, 7) is 19.4. The van der Waals surface area contributed by atoms with E-state index in [4.69, 9.17) is 4.98 Å². The molecule has 0 spiro atoms. The summed E-state index contributed by atoms with van der Waals surface area (Å²) in [5, 5.41) is 1.83. The van der Waals surface area contributed by atoms with E-state index in [1.54, 1.807) is 47.8 Å². The Labute approximate surface area is 170 Å². The molecule has 0 aromatic carbocycles. The van der Waals surface area contributed by atoms with Crippen LogP contribution in [-0.2, 0) is 0 Å². The molecule has 0 aliphatic carbocycles. The molecule has 0 atom stereocenters. The predicted molar refractivity (Wildman–Crippen MR) is 120 cm³/mol. The van der Waals surface area contributed by atoms with Crippen molar-refractivity contribution in [2.45, 2.75) is 83.3 Å². The molecule has 0 unspecified atom stereocenters. The van der Waals surface area contributed by atoms with Gasteiger partial charge in [0.2, 0.25) is 0 Å². The third kappa shape index (κ3) is 8.97. The molecule has 1 rings (SSSR count). The predicted octanol–water partition coefficient (Wildman–Crippen LogP) is 6.02. The van der Waals surface area contributed by atoms with Crippen molar-refractivity contribution in [3.63, 3.8) is 0 Å². The molecule has 0 fully saturated rings. The minimum absolute atomic E-state index is 0.456. The van der Waals surface area contributed by atoms with Gasteiger partial charge in [-0.25, -0.2) is 7.42 Å². The first-order valence-electron chi connectivity index (χ1n) is 8.58. The maximum Gasteiger partial charge on any atom is 0.251 e. The molecule has 0 N–H and O–H groups in total. The lowest BCUT2D eigenvalue weighted by atomic mass is 10.6. The molecular weight excluding hydrogens is 390 g/mol. The van der Waals surface area contributed by atoms with Crippen molar-refractivity contribution in [1.29, 1.82) is 0 Å². The van der Waals surface area contributed by atoms with Crippen molar-refractivity contribution in [2.75, 3.05) is 7.42 Å². The summed E-state index contributed by atoms with van der Waals surface area (Å²) in [4.78, 5) is 14.0. The Balaban J connectivity index is 3.20. The van der Waals surface area contributed by atoms with Gasteiger partial charge in [-0.15, -0.1) is 0 Å². The van der Waals surface area contributed by atoms with Gasteiger partial charge in [-0.3, -0.25) is 0 Å². The Bertz CT molecular complexity index is 463. The van der Waals surface area contributed by atoms with E-state index in [1.165, 1.54) is 0 Å². The van der Waals surface area contributed by atoms with Crippen LogP contribution >= 0.6 is 47.8 Å². The third-order valence-electron chi connectivity index (χ3n) is 2.28. The normalized spacial score (nSPS) is 11.9. The van der Waals surface area contributed by atoms with Crippen molar-refractivity contribution >= 4 is 59.7 Å². The minimum Gasteiger partial charge on any atom is -0.224 e. The van der Waals surface area contributed by atoms with Crippen molar-refractivity contribution in [3.8, 4) is 0 Å². The maximum atomic E-state index is 4.79. The molecule has 25 heavy (non-hydrogen) atoms. The molecule has 0 bridgehead atoms. The Morgan fingerprint density at radius 2 is 0.840 bits per heavy atom. The largest absolute Gasteiger partial charge is 0.251 e. The van der Waals surface area contributed by atoms with Crippen molar-refractivity contribution < 1.29 is 0 Å². The first-order chi connectivity index (χ1) is 11.6. The number of rotatable bonds is 10. The van der Waals surface area contributed by atoms with E-state index in [0.717, 1.165) is 17.7 Å². The molecule has 0 aliphatic rings. The highest BCUT2D eigenvalue weighted by molar-refractivity contribution is 8.19. The second-order valence-corrected chi connectivity index (χ2v) is 13.2. The number of anilines is 2. The molecule has 9 heteroatoms. The first-order valence-corrected chi connectivity index (χ1v) is 11.9. The molecule has 1 aromatic heterocycles. The van der Waals surface area contributed by atoms with Crippen LogP contribution in [0.3, 0.4) is 0 Å². The van der Waals surface area contributed by atoms with Gasteiger partial charge >= 0.3 is 0 Å². The maximum absolute atomic E-state index is 4.79. The number of nitrogens with zero attached hydrogens (tertiary/aromatic N) is 5. The first kappa shape index (κ1) is 23.0. The van der Waals surface area contributed by atoms with Gasteiger partial charge < -0.3 is 0 Å². The van der Waals surface area contributed by atoms with Crippen LogP contribution in [0.25, 0.3) is 0 Å². The van der Waals surface area contributed by atoms with Gasteiger partial charge in [0.1, 0.15) is 5.82 Å².